The van der Waals surface area contributed by atoms with Gasteiger partial charge < -0.3 is 8.83 Å². The molecule has 194 valence electrons. The number of hydrogen-bond donors (Lipinski definition) is 0. The molecule has 0 saturated heterocycles. The van der Waals surface area contributed by atoms with E-state index >= 15 is 0 Å². The Balaban J connectivity index is 1.18. The predicted molar refractivity (Wildman–Crippen MR) is 172 cm³/mol. The van der Waals surface area contributed by atoms with Gasteiger partial charge in [-0.25, -0.2) is 0 Å². The number of furan rings is 2. The molecule has 41 heavy (non-hydrogen) atoms. The molecule has 2 aromatic heterocycles. The van der Waals surface area contributed by atoms with E-state index in [1.54, 1.807) is 0 Å². The zero-order valence-electron chi connectivity index (χ0n) is 22.2. The van der Waals surface area contributed by atoms with Crippen LogP contribution in [0, 0.1) is 0 Å². The first kappa shape index (κ1) is 23.0. The van der Waals surface area contributed by atoms with Crippen LogP contribution in [0.3, 0.4) is 0 Å². The minimum atomic E-state index is 0.929. The van der Waals surface area contributed by atoms with Crippen LogP contribution in [0.25, 0.3) is 77.3 Å². The Bertz CT molecular complexity index is 2140. The van der Waals surface area contributed by atoms with E-state index in [9.17, 15) is 0 Å². The number of thioether (sulfide) groups is 1. The molecule has 3 heteroatoms. The lowest BCUT2D eigenvalue weighted by atomic mass is 9.90. The van der Waals surface area contributed by atoms with E-state index in [1.165, 1.54) is 44.5 Å². The third-order valence-electron chi connectivity index (χ3n) is 8.45. The van der Waals surface area contributed by atoms with Crippen molar-refractivity contribution in [2.75, 3.05) is 0 Å². The summed E-state index contributed by atoms with van der Waals surface area (Å²) in [6, 6.07) is 43.6. The number of fused-ring (bicyclic) bond motifs is 9. The Labute approximate surface area is 241 Å². The van der Waals surface area contributed by atoms with Gasteiger partial charge in [0.2, 0.25) is 0 Å². The van der Waals surface area contributed by atoms with Gasteiger partial charge in [0.25, 0.3) is 0 Å². The molecule has 6 aromatic carbocycles. The highest BCUT2D eigenvalue weighted by molar-refractivity contribution is 7.97. The van der Waals surface area contributed by atoms with Crippen LogP contribution in [-0.4, -0.2) is 0 Å². The normalized spacial score (nSPS) is 13.1. The summed E-state index contributed by atoms with van der Waals surface area (Å²) in [5.41, 5.74) is 14.0. The van der Waals surface area contributed by atoms with Crippen molar-refractivity contribution in [2.24, 2.45) is 0 Å². The first-order valence-electron chi connectivity index (χ1n) is 14.0. The first-order chi connectivity index (χ1) is 20.3. The van der Waals surface area contributed by atoms with Crippen molar-refractivity contribution in [3.05, 3.63) is 132 Å². The molecular formula is C38H24O2S. The highest BCUT2D eigenvalue weighted by atomic mass is 32.2. The molecule has 3 heterocycles. The van der Waals surface area contributed by atoms with Crippen LogP contribution in [0.4, 0.5) is 0 Å². The molecule has 1 aliphatic rings. The standard InChI is InChI=1S/C38H24O2S/c1-3-7-35-29(5-1)33-19-25(13-15-37(33)39-35)23-9-11-27-21-41-22-28-12-10-24(18-32(28)31(27)17-23)26-14-16-38-34(20-26)30-6-2-4-8-36(30)40-38/h1-20H,21-22H2. The van der Waals surface area contributed by atoms with Gasteiger partial charge in [0, 0.05) is 33.1 Å². The van der Waals surface area contributed by atoms with Crippen LogP contribution >= 0.6 is 11.8 Å². The summed E-state index contributed by atoms with van der Waals surface area (Å²) in [6.07, 6.45) is 0. The fourth-order valence-electron chi connectivity index (χ4n) is 6.35. The van der Waals surface area contributed by atoms with Gasteiger partial charge in [-0.2, -0.15) is 11.8 Å². The van der Waals surface area contributed by atoms with Crippen molar-refractivity contribution >= 4 is 55.6 Å². The van der Waals surface area contributed by atoms with Gasteiger partial charge in [-0.15, -0.1) is 0 Å². The van der Waals surface area contributed by atoms with Crippen LogP contribution in [0.2, 0.25) is 0 Å². The fourth-order valence-corrected chi connectivity index (χ4v) is 7.39. The molecule has 0 aliphatic carbocycles. The highest BCUT2D eigenvalue weighted by Gasteiger charge is 2.18. The summed E-state index contributed by atoms with van der Waals surface area (Å²) in [4.78, 5) is 0. The maximum absolute atomic E-state index is 6.09. The van der Waals surface area contributed by atoms with Gasteiger partial charge in [-0.05, 0) is 93.0 Å². The quantitative estimate of drug-likeness (QED) is 0.216. The van der Waals surface area contributed by atoms with Gasteiger partial charge in [0.15, 0.2) is 0 Å². The average molecular weight is 545 g/mol. The van der Waals surface area contributed by atoms with E-state index in [-0.39, 0.29) is 0 Å². The summed E-state index contributed by atoms with van der Waals surface area (Å²) in [5, 5.41) is 4.64. The smallest absolute Gasteiger partial charge is 0.135 e. The largest absolute Gasteiger partial charge is 0.456 e. The molecule has 8 aromatic rings. The monoisotopic (exact) mass is 544 g/mol. The van der Waals surface area contributed by atoms with E-state index in [0.717, 1.165) is 55.4 Å². The molecular weight excluding hydrogens is 520 g/mol. The van der Waals surface area contributed by atoms with Crippen LogP contribution in [0.5, 0.6) is 0 Å². The summed E-state index contributed by atoms with van der Waals surface area (Å²) >= 11 is 1.99. The summed E-state index contributed by atoms with van der Waals surface area (Å²) < 4.78 is 12.2. The third-order valence-corrected chi connectivity index (χ3v) is 9.48. The Morgan fingerprint density at radius 3 is 1.32 bits per heavy atom. The number of benzene rings is 6. The van der Waals surface area contributed by atoms with E-state index in [1.807, 2.05) is 36.0 Å². The lowest BCUT2D eigenvalue weighted by Gasteiger charge is -2.14. The number of rotatable bonds is 2. The lowest BCUT2D eigenvalue weighted by Crippen LogP contribution is -1.91. The molecule has 2 nitrogen and oxygen atoms in total. The Morgan fingerprint density at radius 1 is 0.390 bits per heavy atom. The zero-order valence-corrected chi connectivity index (χ0v) is 23.0. The minimum absolute atomic E-state index is 0.929. The first-order valence-corrected chi connectivity index (χ1v) is 15.1. The minimum Gasteiger partial charge on any atom is -0.456 e. The van der Waals surface area contributed by atoms with E-state index < -0.39 is 0 Å². The van der Waals surface area contributed by atoms with E-state index in [0.29, 0.717) is 0 Å². The van der Waals surface area contributed by atoms with Crippen molar-refractivity contribution in [3.8, 4) is 33.4 Å². The van der Waals surface area contributed by atoms with Crippen molar-refractivity contribution < 1.29 is 8.83 Å². The van der Waals surface area contributed by atoms with Crippen molar-refractivity contribution in [3.63, 3.8) is 0 Å². The summed E-state index contributed by atoms with van der Waals surface area (Å²) in [5.74, 6) is 2.02. The Kier molecular flexibility index (Phi) is 4.99. The predicted octanol–water partition coefficient (Wildman–Crippen LogP) is 11.2. The molecule has 0 saturated carbocycles. The summed E-state index contributed by atoms with van der Waals surface area (Å²) in [6.45, 7) is 0. The van der Waals surface area contributed by atoms with Gasteiger partial charge in [0.1, 0.15) is 22.3 Å². The Morgan fingerprint density at radius 2 is 0.805 bits per heavy atom. The van der Waals surface area contributed by atoms with Gasteiger partial charge in [-0.3, -0.25) is 0 Å². The van der Waals surface area contributed by atoms with Crippen LogP contribution in [0.1, 0.15) is 11.1 Å². The second-order valence-corrected chi connectivity index (χ2v) is 11.8. The zero-order chi connectivity index (χ0) is 26.9. The maximum Gasteiger partial charge on any atom is 0.135 e. The number of hydrogen-bond acceptors (Lipinski definition) is 3. The van der Waals surface area contributed by atoms with Crippen molar-refractivity contribution in [2.45, 2.75) is 11.5 Å². The summed E-state index contributed by atoms with van der Waals surface area (Å²) in [7, 11) is 0. The number of para-hydroxylation sites is 2. The molecule has 0 atom stereocenters. The van der Waals surface area contributed by atoms with Crippen LogP contribution in [-0.2, 0) is 11.5 Å². The Hall–Kier alpha value is -4.73. The van der Waals surface area contributed by atoms with Gasteiger partial charge >= 0.3 is 0 Å². The van der Waals surface area contributed by atoms with Gasteiger partial charge in [0.05, 0.1) is 0 Å². The molecule has 0 N–H and O–H groups in total. The second kappa shape index (κ2) is 8.89. The molecule has 0 radical (unpaired) electrons. The molecule has 9 rings (SSSR count). The van der Waals surface area contributed by atoms with Crippen LogP contribution in [0.15, 0.2) is 130 Å². The molecule has 0 amide bonds. The van der Waals surface area contributed by atoms with Gasteiger partial charge in [-0.1, -0.05) is 72.8 Å². The topological polar surface area (TPSA) is 26.3 Å². The van der Waals surface area contributed by atoms with E-state index in [4.69, 9.17) is 8.83 Å². The van der Waals surface area contributed by atoms with Crippen molar-refractivity contribution in [1.29, 1.82) is 0 Å². The molecule has 0 unspecified atom stereocenters. The fraction of sp³-hybridized carbons (Fsp3) is 0.0526. The van der Waals surface area contributed by atoms with E-state index in [2.05, 4.69) is 97.1 Å². The molecule has 0 bridgehead atoms. The molecule has 0 fully saturated rings. The van der Waals surface area contributed by atoms with Crippen molar-refractivity contribution in [1.82, 2.24) is 0 Å². The molecule has 0 spiro atoms. The maximum atomic E-state index is 6.09. The van der Waals surface area contributed by atoms with Crippen LogP contribution < -0.4 is 0 Å². The molecule has 1 aliphatic heterocycles. The SMILES string of the molecule is c1ccc2c(c1)oc1ccc(-c3ccc4c(c3)-c3cc(-c5ccc6oc7ccccc7c6c5)ccc3CSC4)cc12. The average Bonchev–Trinajstić information content (AvgIpc) is 3.52. The highest BCUT2D eigenvalue weighted by Crippen LogP contribution is 2.42. The lowest BCUT2D eigenvalue weighted by molar-refractivity contribution is 0.668. The third kappa shape index (κ3) is 3.66. The second-order valence-electron chi connectivity index (χ2n) is 10.9.